The van der Waals surface area contributed by atoms with Gasteiger partial charge in [-0.2, -0.15) is 5.10 Å². The third-order valence-electron chi connectivity index (χ3n) is 5.12. The first kappa shape index (κ1) is 22.7. The fourth-order valence-electron chi connectivity index (χ4n) is 3.55. The molecule has 1 aliphatic rings. The second kappa shape index (κ2) is 9.99. The van der Waals surface area contributed by atoms with Crippen LogP contribution in [0.4, 0.5) is 5.82 Å². The summed E-state index contributed by atoms with van der Waals surface area (Å²) in [6, 6.07) is 6.57. The highest BCUT2D eigenvalue weighted by atomic mass is 32.2. The van der Waals surface area contributed by atoms with Gasteiger partial charge in [0.2, 0.25) is 5.91 Å². The van der Waals surface area contributed by atoms with Gasteiger partial charge in [-0.25, -0.2) is 14.6 Å². The topological polar surface area (TPSA) is 122 Å². The molecule has 0 atom stereocenters. The molecule has 0 unspecified atom stereocenters. The van der Waals surface area contributed by atoms with E-state index in [2.05, 4.69) is 32.6 Å². The summed E-state index contributed by atoms with van der Waals surface area (Å²) in [4.78, 5) is 47.5. The first-order valence-corrected chi connectivity index (χ1v) is 11.8. The zero-order valence-electron chi connectivity index (χ0n) is 18.5. The summed E-state index contributed by atoms with van der Waals surface area (Å²) in [6.07, 6.45) is 2.68. The number of hydrogen-bond acceptors (Lipinski definition) is 8. The number of thioether (sulfide) groups is 1. The largest absolute Gasteiger partial charge is 0.369 e. The molecule has 0 fully saturated rings. The van der Waals surface area contributed by atoms with Crippen LogP contribution < -0.4 is 10.6 Å². The van der Waals surface area contributed by atoms with Crippen LogP contribution in [0.2, 0.25) is 0 Å². The van der Waals surface area contributed by atoms with Crippen LogP contribution in [-0.2, 0) is 11.3 Å². The number of aromatic nitrogens is 4. The van der Waals surface area contributed by atoms with Crippen LogP contribution in [0, 0.1) is 0 Å². The molecule has 1 aromatic carbocycles. The van der Waals surface area contributed by atoms with Crippen molar-refractivity contribution in [3.8, 4) is 0 Å². The average molecular weight is 468 g/mol. The molecular formula is C22H25N7O3S. The predicted molar refractivity (Wildman–Crippen MR) is 125 cm³/mol. The molecule has 0 spiro atoms. The fraction of sp³-hybridized carbons (Fsp3) is 0.364. The van der Waals surface area contributed by atoms with Gasteiger partial charge in [0.25, 0.3) is 11.8 Å². The second-order valence-corrected chi connectivity index (χ2v) is 8.64. The van der Waals surface area contributed by atoms with Crippen molar-refractivity contribution in [1.29, 1.82) is 0 Å². The van der Waals surface area contributed by atoms with E-state index in [-0.39, 0.29) is 13.1 Å². The van der Waals surface area contributed by atoms with Gasteiger partial charge in [0.05, 0.1) is 29.3 Å². The van der Waals surface area contributed by atoms with Crippen LogP contribution in [-0.4, -0.2) is 67.8 Å². The lowest BCUT2D eigenvalue weighted by molar-refractivity contribution is -0.121. The highest BCUT2D eigenvalue weighted by Crippen LogP contribution is 2.24. The van der Waals surface area contributed by atoms with Gasteiger partial charge >= 0.3 is 0 Å². The Morgan fingerprint density at radius 1 is 1.06 bits per heavy atom. The van der Waals surface area contributed by atoms with E-state index in [0.29, 0.717) is 28.5 Å². The number of fused-ring (bicyclic) bond motifs is 2. The van der Waals surface area contributed by atoms with Gasteiger partial charge in [-0.1, -0.05) is 37.7 Å². The van der Waals surface area contributed by atoms with Crippen LogP contribution in [0.15, 0.2) is 35.6 Å². The Morgan fingerprint density at radius 3 is 2.45 bits per heavy atom. The zero-order chi connectivity index (χ0) is 23.4. The van der Waals surface area contributed by atoms with Crippen molar-refractivity contribution in [2.24, 2.45) is 0 Å². The zero-order valence-corrected chi connectivity index (χ0v) is 19.3. The Labute approximate surface area is 195 Å². The molecule has 2 aromatic heterocycles. The maximum Gasteiger partial charge on any atom is 0.262 e. The Morgan fingerprint density at radius 2 is 1.79 bits per heavy atom. The molecule has 2 N–H and O–H groups in total. The van der Waals surface area contributed by atoms with Crippen molar-refractivity contribution in [2.75, 3.05) is 30.7 Å². The number of imide groups is 1. The molecule has 33 heavy (non-hydrogen) atoms. The molecule has 4 rings (SSSR count). The lowest BCUT2D eigenvalue weighted by atomic mass is 10.1. The number of amides is 3. The van der Waals surface area contributed by atoms with Gasteiger partial charge in [0.15, 0.2) is 10.8 Å². The number of benzene rings is 1. The van der Waals surface area contributed by atoms with Gasteiger partial charge in [-0.15, -0.1) is 0 Å². The smallest absolute Gasteiger partial charge is 0.262 e. The van der Waals surface area contributed by atoms with E-state index in [1.165, 1.54) is 0 Å². The monoisotopic (exact) mass is 467 g/mol. The van der Waals surface area contributed by atoms with Crippen LogP contribution in [0.5, 0.6) is 0 Å². The van der Waals surface area contributed by atoms with Gasteiger partial charge in [-0.3, -0.25) is 19.3 Å². The highest BCUT2D eigenvalue weighted by molar-refractivity contribution is 7.99. The molecule has 3 amide bonds. The number of hydrogen-bond donors (Lipinski definition) is 2. The van der Waals surface area contributed by atoms with Crippen molar-refractivity contribution >= 4 is 46.3 Å². The predicted octanol–water partition coefficient (Wildman–Crippen LogP) is 2.17. The first-order chi connectivity index (χ1) is 16.0. The van der Waals surface area contributed by atoms with Crippen LogP contribution in [0.3, 0.4) is 0 Å². The summed E-state index contributed by atoms with van der Waals surface area (Å²) in [5, 5.41) is 12.0. The minimum atomic E-state index is -0.450. The minimum absolute atomic E-state index is 0.275. The number of rotatable bonds is 10. The Hall–Kier alpha value is -3.47. The third kappa shape index (κ3) is 4.68. The number of carbonyl (C=O) groups excluding carboxylic acids is 3. The van der Waals surface area contributed by atoms with E-state index in [4.69, 9.17) is 0 Å². The molecule has 0 bridgehead atoms. The minimum Gasteiger partial charge on any atom is -0.369 e. The molecule has 172 valence electrons. The molecule has 0 saturated carbocycles. The number of nitrogens with one attached hydrogen (secondary N) is 2. The molecule has 0 radical (unpaired) electrons. The third-order valence-corrected chi connectivity index (χ3v) is 5.85. The van der Waals surface area contributed by atoms with E-state index in [1.807, 2.05) is 6.92 Å². The quantitative estimate of drug-likeness (QED) is 0.264. The summed E-state index contributed by atoms with van der Waals surface area (Å²) < 4.78 is 1.72. The van der Waals surface area contributed by atoms with Crippen molar-refractivity contribution < 1.29 is 14.4 Å². The van der Waals surface area contributed by atoms with E-state index in [0.717, 1.165) is 34.8 Å². The van der Waals surface area contributed by atoms with Crippen LogP contribution in [0.25, 0.3) is 11.0 Å². The Kier molecular flexibility index (Phi) is 6.87. The average Bonchev–Trinajstić information content (AvgIpc) is 3.32. The lowest BCUT2D eigenvalue weighted by Crippen LogP contribution is -2.41. The highest BCUT2D eigenvalue weighted by Gasteiger charge is 2.36. The van der Waals surface area contributed by atoms with E-state index < -0.39 is 17.7 Å². The molecule has 0 aliphatic carbocycles. The lowest BCUT2D eigenvalue weighted by Gasteiger charge is -2.13. The molecule has 1 aliphatic heterocycles. The van der Waals surface area contributed by atoms with Crippen molar-refractivity contribution in [3.05, 3.63) is 41.6 Å². The second-order valence-electron chi connectivity index (χ2n) is 7.41. The summed E-state index contributed by atoms with van der Waals surface area (Å²) in [5.74, 6) is 0.282. The molecule has 10 nitrogen and oxygen atoms in total. The summed E-state index contributed by atoms with van der Waals surface area (Å²) in [6.45, 7) is 5.26. The summed E-state index contributed by atoms with van der Waals surface area (Å²) in [7, 11) is 0. The van der Waals surface area contributed by atoms with E-state index >= 15 is 0 Å². The first-order valence-electron chi connectivity index (χ1n) is 10.9. The summed E-state index contributed by atoms with van der Waals surface area (Å²) >= 11 is 1.55. The van der Waals surface area contributed by atoms with E-state index in [1.54, 1.807) is 46.9 Å². The SMILES string of the molecule is CCCNc1nc(SCC)nc2c1cnn2CCNC(=O)CN1C(=O)c2ccccc2C1=O. The number of carbonyl (C=O) groups is 3. The maximum atomic E-state index is 12.4. The van der Waals surface area contributed by atoms with Gasteiger partial charge in [0.1, 0.15) is 12.4 Å². The molecular weight excluding hydrogens is 442 g/mol. The van der Waals surface area contributed by atoms with Gasteiger partial charge in [-0.05, 0) is 24.3 Å². The van der Waals surface area contributed by atoms with Crippen molar-refractivity contribution in [1.82, 2.24) is 30.0 Å². The fourth-order valence-corrected chi connectivity index (χ4v) is 4.12. The number of anilines is 1. The van der Waals surface area contributed by atoms with Crippen LogP contribution >= 0.6 is 11.8 Å². The summed E-state index contributed by atoms with van der Waals surface area (Å²) in [5.41, 5.74) is 1.34. The maximum absolute atomic E-state index is 12.4. The van der Waals surface area contributed by atoms with Gasteiger partial charge in [0, 0.05) is 13.1 Å². The molecule has 0 saturated heterocycles. The van der Waals surface area contributed by atoms with Crippen molar-refractivity contribution in [2.45, 2.75) is 32.0 Å². The number of nitrogens with zero attached hydrogens (tertiary/aromatic N) is 5. The molecule has 11 heteroatoms. The van der Waals surface area contributed by atoms with E-state index in [9.17, 15) is 14.4 Å². The Balaban J connectivity index is 1.40. The Bertz CT molecular complexity index is 1170. The standard InChI is InChI=1S/C22H25N7O3S/c1-3-9-24-18-16-12-25-29(19(16)27-22(26-18)33-4-2)11-10-23-17(30)13-28-20(31)14-7-5-6-8-15(14)21(28)32/h5-8,12H,3-4,9-11,13H2,1-2H3,(H,23,30)(H,24,26,27). The molecule has 3 aromatic rings. The van der Waals surface area contributed by atoms with Crippen LogP contribution in [0.1, 0.15) is 41.0 Å². The van der Waals surface area contributed by atoms with Crippen molar-refractivity contribution in [3.63, 3.8) is 0 Å². The molecule has 3 heterocycles. The van der Waals surface area contributed by atoms with Gasteiger partial charge < -0.3 is 10.6 Å². The normalized spacial score (nSPS) is 13.0.